The number of hydrogen-bond acceptors (Lipinski definition) is 6. The third kappa shape index (κ3) is 8.45. The van der Waals surface area contributed by atoms with E-state index in [0.29, 0.717) is 17.0 Å². The number of Topliss-reactive ketones (excluding diaryl/α,β-unsaturated/α-hetero) is 1. The fraction of sp³-hybridized carbons (Fsp3) is 0.458. The number of nitrogens with zero attached hydrogens (tertiary/aromatic N) is 2. The predicted molar refractivity (Wildman–Crippen MR) is 121 cm³/mol. The number of carbonyl (C=O) groups is 3. The summed E-state index contributed by atoms with van der Waals surface area (Å²) in [4.78, 5) is 46.8. The Balaban J connectivity index is 2.24. The van der Waals surface area contributed by atoms with Gasteiger partial charge in [0.05, 0.1) is 23.7 Å². The Morgan fingerprint density at radius 1 is 0.969 bits per heavy atom. The van der Waals surface area contributed by atoms with E-state index in [1.165, 1.54) is 6.20 Å². The summed E-state index contributed by atoms with van der Waals surface area (Å²) in [6, 6.07) is 7.75. The van der Waals surface area contributed by atoms with Crippen molar-refractivity contribution in [1.82, 2.24) is 20.6 Å². The largest absolute Gasteiger partial charge is 0.444 e. The van der Waals surface area contributed by atoms with Crippen molar-refractivity contribution >= 4 is 17.8 Å². The average Bonchev–Trinajstić information content (AvgIpc) is 2.66. The molecule has 0 fully saturated rings. The van der Waals surface area contributed by atoms with Crippen molar-refractivity contribution in [3.05, 3.63) is 59.7 Å². The predicted octanol–water partition coefficient (Wildman–Crippen LogP) is 3.25. The van der Waals surface area contributed by atoms with Gasteiger partial charge in [-0.05, 0) is 65.8 Å². The van der Waals surface area contributed by atoms with Gasteiger partial charge in [-0.15, -0.1) is 0 Å². The van der Waals surface area contributed by atoms with E-state index < -0.39 is 23.3 Å². The number of nitrogens with one attached hydrogen (secondary N) is 2. The summed E-state index contributed by atoms with van der Waals surface area (Å²) in [5.74, 6) is -0.611. The zero-order chi connectivity index (χ0) is 23.9. The second-order valence-corrected chi connectivity index (χ2v) is 9.57. The molecule has 1 atom stereocenters. The van der Waals surface area contributed by atoms with Crippen molar-refractivity contribution in [1.29, 1.82) is 0 Å². The minimum Gasteiger partial charge on any atom is -0.444 e. The highest BCUT2D eigenvalue weighted by atomic mass is 16.6. The lowest BCUT2D eigenvalue weighted by molar-refractivity contribution is -0.120. The highest BCUT2D eigenvalue weighted by molar-refractivity contribution is 5.98. The van der Waals surface area contributed by atoms with Crippen LogP contribution in [0.2, 0.25) is 0 Å². The number of hydrogen-bond donors (Lipinski definition) is 2. The van der Waals surface area contributed by atoms with Crippen LogP contribution in [0, 0.1) is 0 Å². The molecule has 2 aromatic rings. The molecule has 172 valence electrons. The third-order valence-corrected chi connectivity index (χ3v) is 4.18. The molecule has 0 radical (unpaired) electrons. The molecule has 2 N–H and O–H groups in total. The number of ether oxygens (including phenoxy) is 1. The van der Waals surface area contributed by atoms with E-state index >= 15 is 0 Å². The Morgan fingerprint density at radius 2 is 1.66 bits per heavy atom. The van der Waals surface area contributed by atoms with Gasteiger partial charge in [-0.25, -0.2) is 4.79 Å². The maximum atomic E-state index is 13.2. The molecular weight excluding hydrogens is 408 g/mol. The molecule has 32 heavy (non-hydrogen) atoms. The summed E-state index contributed by atoms with van der Waals surface area (Å²) in [6.07, 6.45) is 2.53. The van der Waals surface area contributed by atoms with Gasteiger partial charge in [0.15, 0.2) is 5.78 Å². The first-order valence-electron chi connectivity index (χ1n) is 10.5. The zero-order valence-corrected chi connectivity index (χ0v) is 19.6. The van der Waals surface area contributed by atoms with Crippen LogP contribution in [0.4, 0.5) is 4.79 Å². The first kappa shape index (κ1) is 25.0. The summed E-state index contributed by atoms with van der Waals surface area (Å²) in [7, 11) is 0. The van der Waals surface area contributed by atoms with Crippen molar-refractivity contribution in [2.24, 2.45) is 0 Å². The Hall–Kier alpha value is -3.29. The summed E-state index contributed by atoms with van der Waals surface area (Å²) in [5.41, 5.74) is 0.171. The van der Waals surface area contributed by atoms with Crippen LogP contribution in [-0.2, 0) is 22.4 Å². The lowest BCUT2D eigenvalue weighted by Gasteiger charge is -2.23. The van der Waals surface area contributed by atoms with Crippen molar-refractivity contribution in [3.63, 3.8) is 0 Å². The molecule has 2 heterocycles. The number of alkyl carbamates (subject to hydrolysis) is 1. The van der Waals surface area contributed by atoms with Crippen LogP contribution in [0.25, 0.3) is 0 Å². The number of aromatic nitrogens is 2. The summed E-state index contributed by atoms with van der Waals surface area (Å²) in [6.45, 7) is 10.9. The molecule has 0 aliphatic rings. The van der Waals surface area contributed by atoms with Gasteiger partial charge in [0, 0.05) is 30.0 Å². The molecule has 0 bridgehead atoms. The molecule has 8 nitrogen and oxygen atoms in total. The Kier molecular flexibility index (Phi) is 8.08. The van der Waals surface area contributed by atoms with E-state index in [-0.39, 0.29) is 24.5 Å². The molecule has 0 aliphatic heterocycles. The van der Waals surface area contributed by atoms with Gasteiger partial charge in [0.1, 0.15) is 5.60 Å². The van der Waals surface area contributed by atoms with Crippen LogP contribution >= 0.6 is 0 Å². The van der Waals surface area contributed by atoms with Crippen molar-refractivity contribution in [2.45, 2.75) is 71.6 Å². The van der Waals surface area contributed by atoms with E-state index in [9.17, 15) is 14.4 Å². The molecule has 0 saturated carbocycles. The normalized spacial score (nSPS) is 12.6. The van der Waals surface area contributed by atoms with Gasteiger partial charge in [-0.3, -0.25) is 19.6 Å². The van der Waals surface area contributed by atoms with Crippen LogP contribution in [-0.4, -0.2) is 44.9 Å². The van der Waals surface area contributed by atoms with Crippen LogP contribution in [0.3, 0.4) is 0 Å². The minimum atomic E-state index is -0.889. The number of ketones is 1. The van der Waals surface area contributed by atoms with Crippen LogP contribution in [0.1, 0.15) is 63.3 Å². The lowest BCUT2D eigenvalue weighted by Crippen LogP contribution is -2.46. The maximum Gasteiger partial charge on any atom is 0.408 e. The zero-order valence-electron chi connectivity index (χ0n) is 19.6. The van der Waals surface area contributed by atoms with Crippen molar-refractivity contribution < 1.29 is 19.1 Å². The quantitative estimate of drug-likeness (QED) is 0.684. The molecule has 8 heteroatoms. The molecule has 0 aliphatic carbocycles. The highest BCUT2D eigenvalue weighted by Gasteiger charge is 2.27. The molecule has 0 spiro atoms. The second kappa shape index (κ2) is 10.3. The van der Waals surface area contributed by atoms with Gasteiger partial charge in [-0.2, -0.15) is 0 Å². The highest BCUT2D eigenvalue weighted by Crippen LogP contribution is 2.13. The standard InChI is InChI=1S/C24H32N4O4/c1-23(2,3)28-21(30)17-11-9-13-26-18(17)15-20(29)19(14-16-10-7-8-12-25-16)27-22(31)32-24(4,5)6/h7-13,19H,14-15H2,1-6H3,(H,27,31)(H,28,30)/t19-/m1/s1. The molecule has 0 unspecified atom stereocenters. The maximum absolute atomic E-state index is 13.2. The number of rotatable bonds is 7. The summed E-state index contributed by atoms with van der Waals surface area (Å²) >= 11 is 0. The number of pyridine rings is 2. The molecular formula is C24H32N4O4. The van der Waals surface area contributed by atoms with Crippen LogP contribution < -0.4 is 10.6 Å². The van der Waals surface area contributed by atoms with Crippen LogP contribution in [0.5, 0.6) is 0 Å². The van der Waals surface area contributed by atoms with E-state index in [1.54, 1.807) is 51.2 Å². The Labute approximate surface area is 189 Å². The van der Waals surface area contributed by atoms with Gasteiger partial charge in [-0.1, -0.05) is 6.07 Å². The van der Waals surface area contributed by atoms with Crippen molar-refractivity contribution in [2.75, 3.05) is 0 Å². The lowest BCUT2D eigenvalue weighted by atomic mass is 9.99. The summed E-state index contributed by atoms with van der Waals surface area (Å²) in [5, 5.41) is 5.54. The molecule has 2 aromatic heterocycles. The van der Waals surface area contributed by atoms with E-state index in [4.69, 9.17) is 4.74 Å². The first-order chi connectivity index (χ1) is 14.8. The van der Waals surface area contributed by atoms with E-state index in [2.05, 4.69) is 20.6 Å². The third-order valence-electron chi connectivity index (χ3n) is 4.18. The van der Waals surface area contributed by atoms with E-state index in [0.717, 1.165) is 0 Å². The van der Waals surface area contributed by atoms with Crippen LogP contribution in [0.15, 0.2) is 42.7 Å². The van der Waals surface area contributed by atoms with Crippen molar-refractivity contribution in [3.8, 4) is 0 Å². The van der Waals surface area contributed by atoms with Gasteiger partial charge >= 0.3 is 6.09 Å². The van der Waals surface area contributed by atoms with E-state index in [1.807, 2.05) is 26.8 Å². The Morgan fingerprint density at radius 3 is 2.25 bits per heavy atom. The summed E-state index contributed by atoms with van der Waals surface area (Å²) < 4.78 is 5.32. The second-order valence-electron chi connectivity index (χ2n) is 9.57. The van der Waals surface area contributed by atoms with Gasteiger partial charge < -0.3 is 15.4 Å². The monoisotopic (exact) mass is 440 g/mol. The Bertz CT molecular complexity index is 946. The molecule has 0 saturated heterocycles. The molecule has 2 amide bonds. The van der Waals surface area contributed by atoms with Gasteiger partial charge in [0.25, 0.3) is 5.91 Å². The topological polar surface area (TPSA) is 110 Å². The fourth-order valence-corrected chi connectivity index (χ4v) is 2.90. The SMILES string of the molecule is CC(C)(C)NC(=O)c1cccnc1CC(=O)[C@@H](Cc1ccccn1)NC(=O)OC(C)(C)C. The fourth-order valence-electron chi connectivity index (χ4n) is 2.90. The number of amides is 2. The smallest absolute Gasteiger partial charge is 0.408 e. The molecule has 2 rings (SSSR count). The van der Waals surface area contributed by atoms with Gasteiger partial charge in [0.2, 0.25) is 0 Å². The minimum absolute atomic E-state index is 0.124. The first-order valence-corrected chi connectivity index (χ1v) is 10.5. The number of carbonyl (C=O) groups excluding carboxylic acids is 3. The molecule has 0 aromatic carbocycles. The average molecular weight is 441 g/mol.